The monoisotopic (exact) mass is 495 g/mol. The van der Waals surface area contributed by atoms with Gasteiger partial charge in [0.15, 0.2) is 5.78 Å². The van der Waals surface area contributed by atoms with Crippen LogP contribution in [-0.2, 0) is 17.6 Å². The number of hydrogen-bond donors (Lipinski definition) is 1. The van der Waals surface area contributed by atoms with Gasteiger partial charge in [-0.2, -0.15) is 16.6 Å². The molecule has 4 heterocycles. The van der Waals surface area contributed by atoms with Gasteiger partial charge in [0.25, 0.3) is 5.91 Å². The van der Waals surface area contributed by atoms with Gasteiger partial charge in [0, 0.05) is 49.9 Å². The maximum absolute atomic E-state index is 14.3. The third kappa shape index (κ3) is 4.04. The van der Waals surface area contributed by atoms with E-state index in [1.165, 1.54) is 0 Å². The second-order valence-electron chi connectivity index (χ2n) is 9.84. The second kappa shape index (κ2) is 9.08. The molecule has 1 aromatic carbocycles. The summed E-state index contributed by atoms with van der Waals surface area (Å²) in [7, 11) is 0. The van der Waals surface area contributed by atoms with Crippen LogP contribution < -0.4 is 5.32 Å². The summed E-state index contributed by atoms with van der Waals surface area (Å²) in [6.07, 6.45) is 4.48. The Kier molecular flexibility index (Phi) is 5.75. The van der Waals surface area contributed by atoms with Crippen LogP contribution in [0.3, 0.4) is 0 Å². The molecule has 0 radical (unpaired) electrons. The number of amides is 1. The summed E-state index contributed by atoms with van der Waals surface area (Å²) < 4.78 is 0. The summed E-state index contributed by atoms with van der Waals surface area (Å²) >= 11 is 1.61. The van der Waals surface area contributed by atoms with Crippen LogP contribution in [-0.4, -0.2) is 52.1 Å². The number of amidine groups is 1. The van der Waals surface area contributed by atoms with Crippen molar-refractivity contribution in [3.05, 3.63) is 87.9 Å². The molecule has 2 fully saturated rings. The maximum atomic E-state index is 14.3. The lowest BCUT2D eigenvalue weighted by Crippen LogP contribution is -2.48. The van der Waals surface area contributed by atoms with Crippen LogP contribution in [0.25, 0.3) is 0 Å². The molecule has 36 heavy (non-hydrogen) atoms. The third-order valence-corrected chi connectivity index (χ3v) is 8.29. The Balaban J connectivity index is 1.37. The van der Waals surface area contributed by atoms with E-state index in [9.17, 15) is 9.59 Å². The molecule has 3 aliphatic rings. The molecule has 1 saturated carbocycles. The number of rotatable bonds is 8. The number of pyridine rings is 1. The van der Waals surface area contributed by atoms with Crippen molar-refractivity contribution in [3.8, 4) is 6.07 Å². The van der Waals surface area contributed by atoms with Crippen molar-refractivity contribution in [1.29, 1.82) is 5.26 Å². The van der Waals surface area contributed by atoms with Gasteiger partial charge in [-0.25, -0.2) is 0 Å². The molecule has 8 heteroatoms. The number of carbonyl (C=O) groups excluding carboxylic acids is 2. The van der Waals surface area contributed by atoms with Crippen LogP contribution in [0.1, 0.15) is 33.5 Å². The molecule has 1 amide bonds. The molecular weight excluding hydrogens is 470 g/mol. The average molecular weight is 496 g/mol. The number of aliphatic imine (C=N–C) groups is 1. The van der Waals surface area contributed by atoms with Crippen molar-refractivity contribution in [3.63, 3.8) is 0 Å². The lowest BCUT2D eigenvalue weighted by atomic mass is 9.85. The number of Topliss-reactive ketones (excluding diaryl/α,β-unsaturated/α-hetero) is 1. The predicted molar refractivity (Wildman–Crippen MR) is 137 cm³/mol. The van der Waals surface area contributed by atoms with Crippen molar-refractivity contribution < 1.29 is 9.59 Å². The Bertz CT molecular complexity index is 1350. The largest absolute Gasteiger partial charge is 0.316 e. The fourth-order valence-corrected chi connectivity index (χ4v) is 6.40. The first-order valence-corrected chi connectivity index (χ1v) is 13.1. The van der Waals surface area contributed by atoms with Gasteiger partial charge in [-0.05, 0) is 64.1 Å². The highest BCUT2D eigenvalue weighted by atomic mass is 32.1. The summed E-state index contributed by atoms with van der Waals surface area (Å²) in [6.45, 7) is 1.77. The van der Waals surface area contributed by atoms with Gasteiger partial charge >= 0.3 is 0 Å². The number of nitrogens with one attached hydrogen (secondary N) is 1. The highest BCUT2D eigenvalue weighted by Gasteiger charge is 2.62. The first-order chi connectivity index (χ1) is 17.6. The number of hydrogen-bond acceptors (Lipinski definition) is 7. The Morgan fingerprint density at radius 3 is 2.47 bits per heavy atom. The van der Waals surface area contributed by atoms with Crippen LogP contribution in [0, 0.1) is 23.2 Å². The summed E-state index contributed by atoms with van der Waals surface area (Å²) in [5.74, 6) is 1.27. The summed E-state index contributed by atoms with van der Waals surface area (Å²) in [6, 6.07) is 14.7. The van der Waals surface area contributed by atoms with Gasteiger partial charge in [0.05, 0.1) is 18.1 Å². The van der Waals surface area contributed by atoms with Crippen molar-refractivity contribution in [2.45, 2.75) is 30.8 Å². The molecule has 2 aromatic heterocycles. The van der Waals surface area contributed by atoms with Crippen molar-refractivity contribution in [2.24, 2.45) is 16.8 Å². The van der Waals surface area contributed by atoms with E-state index in [0.29, 0.717) is 41.6 Å². The molecule has 7 nitrogen and oxygen atoms in total. The van der Waals surface area contributed by atoms with E-state index in [2.05, 4.69) is 21.8 Å². The smallest absolute Gasteiger partial charge is 0.256 e. The van der Waals surface area contributed by atoms with Crippen LogP contribution in [0.15, 0.2) is 70.6 Å². The number of ketones is 1. The zero-order valence-corrected chi connectivity index (χ0v) is 20.4. The molecule has 3 unspecified atom stereocenters. The van der Waals surface area contributed by atoms with E-state index in [-0.39, 0.29) is 24.2 Å². The van der Waals surface area contributed by atoms with Crippen LogP contribution >= 0.6 is 11.3 Å². The van der Waals surface area contributed by atoms with Crippen molar-refractivity contribution in [1.82, 2.24) is 15.2 Å². The average Bonchev–Trinajstić information content (AvgIpc) is 3.31. The van der Waals surface area contributed by atoms with E-state index in [4.69, 9.17) is 10.3 Å². The minimum atomic E-state index is -0.993. The fourth-order valence-electron chi connectivity index (χ4n) is 5.73. The Morgan fingerprint density at radius 2 is 1.81 bits per heavy atom. The molecule has 1 aliphatic carbocycles. The molecule has 0 spiro atoms. The quantitative estimate of drug-likeness (QED) is 0.484. The van der Waals surface area contributed by atoms with Crippen LogP contribution in [0.4, 0.5) is 0 Å². The number of nitrogens with zero attached hydrogens (tertiary/aromatic N) is 4. The van der Waals surface area contributed by atoms with Gasteiger partial charge < -0.3 is 5.32 Å². The number of thiophene rings is 1. The number of piperidine rings is 1. The summed E-state index contributed by atoms with van der Waals surface area (Å²) in [5.41, 5.74) is 2.10. The van der Waals surface area contributed by atoms with Crippen molar-refractivity contribution in [2.75, 3.05) is 13.1 Å². The van der Waals surface area contributed by atoms with E-state index < -0.39 is 5.54 Å². The SMILES string of the molecule is N#Cc1ccc(C(=O)CC2=NC(Cc3ccncc3)(Cc3ccsc3)C(=O)N2C2C3CNCC32)cc1. The molecule has 3 atom stereocenters. The normalized spacial score (nSPS) is 26.4. The van der Waals surface area contributed by atoms with Gasteiger partial charge in [-0.1, -0.05) is 12.1 Å². The molecule has 3 aromatic rings. The Morgan fingerprint density at radius 1 is 1.08 bits per heavy atom. The molecule has 2 aliphatic heterocycles. The molecule has 6 rings (SSSR count). The van der Waals surface area contributed by atoms with E-state index in [1.807, 2.05) is 28.5 Å². The summed E-state index contributed by atoms with van der Waals surface area (Å²) in [4.78, 5) is 38.7. The lowest BCUT2D eigenvalue weighted by Gasteiger charge is -2.27. The zero-order valence-electron chi connectivity index (χ0n) is 19.6. The van der Waals surface area contributed by atoms with Crippen LogP contribution in [0.5, 0.6) is 0 Å². The lowest BCUT2D eigenvalue weighted by molar-refractivity contribution is -0.131. The first kappa shape index (κ1) is 22.8. The van der Waals surface area contributed by atoms with Gasteiger partial charge in [0.2, 0.25) is 0 Å². The molecule has 0 bridgehead atoms. The highest BCUT2D eigenvalue weighted by molar-refractivity contribution is 7.07. The first-order valence-electron chi connectivity index (χ1n) is 12.1. The van der Waals surface area contributed by atoms with E-state index in [0.717, 1.165) is 24.2 Å². The predicted octanol–water partition coefficient (Wildman–Crippen LogP) is 3.27. The topological polar surface area (TPSA) is 98.5 Å². The van der Waals surface area contributed by atoms with Gasteiger partial charge in [-0.3, -0.25) is 24.5 Å². The van der Waals surface area contributed by atoms with E-state index in [1.54, 1.807) is 48.0 Å². The van der Waals surface area contributed by atoms with E-state index >= 15 is 0 Å². The maximum Gasteiger partial charge on any atom is 0.256 e. The Hall–Kier alpha value is -3.67. The highest BCUT2D eigenvalue weighted by Crippen LogP contribution is 2.49. The Labute approximate surface area is 213 Å². The molecular formula is C28H25N5O2S. The number of carbonyl (C=O) groups is 2. The van der Waals surface area contributed by atoms with Crippen molar-refractivity contribution >= 4 is 28.9 Å². The molecule has 1 N–H and O–H groups in total. The number of fused-ring (bicyclic) bond motifs is 1. The summed E-state index contributed by atoms with van der Waals surface area (Å²) in [5, 5.41) is 16.6. The molecule has 180 valence electrons. The zero-order chi connectivity index (χ0) is 24.7. The number of nitriles is 1. The third-order valence-electron chi connectivity index (χ3n) is 7.56. The number of benzene rings is 1. The standard InChI is InChI=1S/C28H25N5O2S/c29-14-19-1-3-21(4-2-19)24(34)11-25-32-28(13-20-7-10-36-17-20,12-18-5-8-30-9-6-18)27(35)33(25)26-22-15-31-16-23(22)26/h1-10,17,22-23,26,31H,11-13,15-16H2. The fraction of sp³-hybridized carbons (Fsp3) is 0.321. The van der Waals surface area contributed by atoms with Gasteiger partial charge in [-0.15, -0.1) is 0 Å². The molecule has 1 saturated heterocycles. The second-order valence-corrected chi connectivity index (χ2v) is 10.6. The van der Waals surface area contributed by atoms with Crippen LogP contribution in [0.2, 0.25) is 0 Å². The number of aromatic nitrogens is 1. The van der Waals surface area contributed by atoms with Gasteiger partial charge in [0.1, 0.15) is 11.4 Å². The minimum Gasteiger partial charge on any atom is -0.316 e. The minimum absolute atomic E-state index is 0.00691.